The van der Waals surface area contributed by atoms with Crippen molar-refractivity contribution >= 4 is 17.7 Å². The van der Waals surface area contributed by atoms with Gasteiger partial charge in [-0.1, -0.05) is 0 Å². The van der Waals surface area contributed by atoms with Gasteiger partial charge in [-0.05, 0) is 31.3 Å². The minimum atomic E-state index is -0.402. The number of hydrogen-bond donors (Lipinski definition) is 1. The summed E-state index contributed by atoms with van der Waals surface area (Å²) in [5, 5.41) is 1.43. The predicted molar refractivity (Wildman–Crippen MR) is 57.9 cm³/mol. The highest BCUT2D eigenvalue weighted by atomic mass is 32.2. The van der Waals surface area contributed by atoms with E-state index in [0.717, 1.165) is 25.0 Å². The van der Waals surface area contributed by atoms with Crippen molar-refractivity contribution in [2.24, 2.45) is 5.73 Å². The normalized spacial score (nSPS) is 19.4. The second-order valence-electron chi connectivity index (χ2n) is 3.37. The Kier molecular flexibility index (Phi) is 5.29. The Balaban J connectivity index is 2.30. The van der Waals surface area contributed by atoms with Crippen LogP contribution in [0.25, 0.3) is 0 Å². The standard InChI is InChI=1S/C9H18N2O2S/c1-14-7-4-8(10)9(12)11-5-2-3-6-13-11/h8H,2-7,10H2,1H3/t8-/m0/s1. The SMILES string of the molecule is CSCC[C@H](N)C(=O)N1CCCCO1. The Hall–Kier alpha value is -0.260. The zero-order valence-electron chi connectivity index (χ0n) is 8.57. The van der Waals surface area contributed by atoms with Crippen LogP contribution in [0.4, 0.5) is 0 Å². The molecule has 1 saturated heterocycles. The van der Waals surface area contributed by atoms with Gasteiger partial charge in [0.15, 0.2) is 0 Å². The zero-order valence-corrected chi connectivity index (χ0v) is 9.39. The molecule has 1 aliphatic rings. The molecule has 1 rings (SSSR count). The maximum Gasteiger partial charge on any atom is 0.263 e. The van der Waals surface area contributed by atoms with Crippen molar-refractivity contribution in [3.8, 4) is 0 Å². The van der Waals surface area contributed by atoms with Crippen molar-refractivity contribution in [3.63, 3.8) is 0 Å². The van der Waals surface area contributed by atoms with Crippen LogP contribution in [-0.4, -0.2) is 42.2 Å². The molecule has 82 valence electrons. The number of amides is 1. The van der Waals surface area contributed by atoms with E-state index in [9.17, 15) is 4.79 Å². The second-order valence-corrected chi connectivity index (χ2v) is 4.35. The molecule has 0 bridgehead atoms. The molecular weight excluding hydrogens is 200 g/mol. The molecule has 2 N–H and O–H groups in total. The van der Waals surface area contributed by atoms with Crippen LogP contribution in [0.15, 0.2) is 0 Å². The van der Waals surface area contributed by atoms with E-state index < -0.39 is 6.04 Å². The van der Waals surface area contributed by atoms with Gasteiger partial charge in [-0.2, -0.15) is 11.8 Å². The van der Waals surface area contributed by atoms with E-state index in [1.54, 1.807) is 11.8 Å². The van der Waals surface area contributed by atoms with Crippen LogP contribution in [0.3, 0.4) is 0 Å². The summed E-state index contributed by atoms with van der Waals surface area (Å²) in [7, 11) is 0. The summed E-state index contributed by atoms with van der Waals surface area (Å²) in [6.45, 7) is 1.33. The third kappa shape index (κ3) is 3.48. The fraction of sp³-hybridized carbons (Fsp3) is 0.889. The molecule has 0 radical (unpaired) electrons. The van der Waals surface area contributed by atoms with Crippen molar-refractivity contribution < 1.29 is 9.63 Å². The summed E-state index contributed by atoms with van der Waals surface area (Å²) in [4.78, 5) is 16.9. The Morgan fingerprint density at radius 2 is 2.43 bits per heavy atom. The van der Waals surface area contributed by atoms with E-state index in [1.165, 1.54) is 5.06 Å². The summed E-state index contributed by atoms with van der Waals surface area (Å²) in [6.07, 6.45) is 4.78. The number of thioether (sulfide) groups is 1. The second kappa shape index (κ2) is 6.27. The molecule has 1 amide bonds. The number of hydrogen-bond acceptors (Lipinski definition) is 4. The Bertz CT molecular complexity index is 184. The topological polar surface area (TPSA) is 55.6 Å². The molecule has 4 nitrogen and oxygen atoms in total. The Morgan fingerprint density at radius 1 is 1.64 bits per heavy atom. The molecule has 1 heterocycles. The molecule has 0 spiro atoms. The van der Waals surface area contributed by atoms with Crippen molar-refractivity contribution in [2.75, 3.05) is 25.2 Å². The summed E-state index contributed by atoms with van der Waals surface area (Å²) in [5.74, 6) is 0.847. The van der Waals surface area contributed by atoms with Crippen molar-refractivity contribution in [3.05, 3.63) is 0 Å². The van der Waals surface area contributed by atoms with Crippen molar-refractivity contribution in [2.45, 2.75) is 25.3 Å². The monoisotopic (exact) mass is 218 g/mol. The van der Waals surface area contributed by atoms with Gasteiger partial charge in [0.1, 0.15) is 0 Å². The van der Waals surface area contributed by atoms with Crippen LogP contribution in [-0.2, 0) is 9.63 Å². The van der Waals surface area contributed by atoms with Gasteiger partial charge in [-0.25, -0.2) is 5.06 Å². The number of carbonyl (C=O) groups excluding carboxylic acids is 1. The molecule has 0 saturated carbocycles. The molecule has 0 aromatic carbocycles. The molecule has 1 atom stereocenters. The number of nitrogens with two attached hydrogens (primary N) is 1. The zero-order chi connectivity index (χ0) is 10.4. The van der Waals surface area contributed by atoms with Crippen LogP contribution in [0.1, 0.15) is 19.3 Å². The minimum absolute atomic E-state index is 0.0706. The van der Waals surface area contributed by atoms with Crippen LogP contribution in [0.5, 0.6) is 0 Å². The third-order valence-corrected chi connectivity index (χ3v) is 2.84. The Morgan fingerprint density at radius 3 is 3.00 bits per heavy atom. The lowest BCUT2D eigenvalue weighted by molar-refractivity contribution is -0.198. The lowest BCUT2D eigenvalue weighted by atomic mass is 10.2. The van der Waals surface area contributed by atoms with Crippen LogP contribution in [0.2, 0.25) is 0 Å². The average Bonchev–Trinajstić information content (AvgIpc) is 2.26. The highest BCUT2D eigenvalue weighted by Gasteiger charge is 2.23. The van der Waals surface area contributed by atoms with Gasteiger partial charge < -0.3 is 5.73 Å². The molecule has 14 heavy (non-hydrogen) atoms. The lowest BCUT2D eigenvalue weighted by Crippen LogP contribution is -2.46. The summed E-state index contributed by atoms with van der Waals surface area (Å²) >= 11 is 1.70. The van der Waals surface area contributed by atoms with E-state index in [-0.39, 0.29) is 5.91 Å². The fourth-order valence-electron chi connectivity index (χ4n) is 1.32. The van der Waals surface area contributed by atoms with E-state index in [0.29, 0.717) is 13.2 Å². The summed E-state index contributed by atoms with van der Waals surface area (Å²) in [6, 6.07) is -0.402. The summed E-state index contributed by atoms with van der Waals surface area (Å²) in [5.41, 5.74) is 5.75. The van der Waals surface area contributed by atoms with Gasteiger partial charge in [0.05, 0.1) is 12.6 Å². The smallest absolute Gasteiger partial charge is 0.263 e. The number of rotatable bonds is 4. The van der Waals surface area contributed by atoms with Gasteiger partial charge in [-0.3, -0.25) is 9.63 Å². The fourth-order valence-corrected chi connectivity index (χ4v) is 1.81. The quantitative estimate of drug-likeness (QED) is 0.751. The van der Waals surface area contributed by atoms with Crippen molar-refractivity contribution in [1.82, 2.24) is 5.06 Å². The molecule has 0 unspecified atom stereocenters. The van der Waals surface area contributed by atoms with Crippen LogP contribution in [0, 0.1) is 0 Å². The van der Waals surface area contributed by atoms with Gasteiger partial charge in [0.25, 0.3) is 5.91 Å². The first-order chi connectivity index (χ1) is 6.75. The molecule has 1 aliphatic heterocycles. The molecule has 0 aliphatic carbocycles. The number of hydroxylamine groups is 2. The molecular formula is C9H18N2O2S. The first-order valence-corrected chi connectivity index (χ1v) is 6.34. The van der Waals surface area contributed by atoms with Crippen LogP contribution < -0.4 is 5.73 Å². The Labute approximate surface area is 89.1 Å². The maximum atomic E-state index is 11.7. The van der Waals surface area contributed by atoms with Gasteiger partial charge in [-0.15, -0.1) is 0 Å². The third-order valence-electron chi connectivity index (χ3n) is 2.20. The van der Waals surface area contributed by atoms with Crippen LogP contribution >= 0.6 is 11.8 Å². The van der Waals surface area contributed by atoms with Gasteiger partial charge in [0.2, 0.25) is 0 Å². The number of nitrogens with zero attached hydrogens (tertiary/aromatic N) is 1. The van der Waals surface area contributed by atoms with Crippen molar-refractivity contribution in [1.29, 1.82) is 0 Å². The van der Waals surface area contributed by atoms with Gasteiger partial charge in [0, 0.05) is 6.54 Å². The highest BCUT2D eigenvalue weighted by Crippen LogP contribution is 2.09. The predicted octanol–water partition coefficient (Wildman–Crippen LogP) is 0.621. The molecule has 5 heteroatoms. The lowest BCUT2D eigenvalue weighted by Gasteiger charge is -2.28. The first-order valence-electron chi connectivity index (χ1n) is 4.94. The molecule has 0 aromatic heterocycles. The number of carbonyl (C=O) groups is 1. The minimum Gasteiger partial charge on any atom is -0.320 e. The molecule has 0 aromatic rings. The van der Waals surface area contributed by atoms with E-state index >= 15 is 0 Å². The van der Waals surface area contributed by atoms with Gasteiger partial charge >= 0.3 is 0 Å². The van der Waals surface area contributed by atoms with E-state index in [4.69, 9.17) is 10.6 Å². The maximum absolute atomic E-state index is 11.7. The van der Waals surface area contributed by atoms with E-state index in [2.05, 4.69) is 0 Å². The van der Waals surface area contributed by atoms with E-state index in [1.807, 2.05) is 6.26 Å². The largest absolute Gasteiger partial charge is 0.320 e. The average molecular weight is 218 g/mol. The molecule has 1 fully saturated rings. The first kappa shape index (κ1) is 11.8. The summed E-state index contributed by atoms with van der Waals surface area (Å²) < 4.78 is 0. The highest BCUT2D eigenvalue weighted by molar-refractivity contribution is 7.98.